The topological polar surface area (TPSA) is 85.0 Å². The SMILES string of the molecule is O=C(CN1NC2N(CCN2c2ccccc2)C(=O)C1=O)Nc1ccc(Cl)cc1. The minimum absolute atomic E-state index is 0.291. The van der Waals surface area contributed by atoms with Gasteiger partial charge in [0.25, 0.3) is 0 Å². The van der Waals surface area contributed by atoms with Crippen LogP contribution in [0.2, 0.25) is 5.02 Å². The molecule has 9 heteroatoms. The number of carbonyl (C=O) groups is 3. The summed E-state index contributed by atoms with van der Waals surface area (Å²) in [6, 6.07) is 16.2. The van der Waals surface area contributed by atoms with Gasteiger partial charge in [-0.15, -0.1) is 0 Å². The van der Waals surface area contributed by atoms with Crippen molar-refractivity contribution in [3.63, 3.8) is 0 Å². The van der Waals surface area contributed by atoms with E-state index in [1.165, 1.54) is 4.90 Å². The maximum atomic E-state index is 12.5. The van der Waals surface area contributed by atoms with E-state index in [0.29, 0.717) is 23.8 Å². The number of halogens is 1. The third-order valence-electron chi connectivity index (χ3n) is 4.65. The Kier molecular flexibility index (Phi) is 4.89. The molecule has 4 rings (SSSR count). The fourth-order valence-corrected chi connectivity index (χ4v) is 3.43. The molecule has 2 fully saturated rings. The van der Waals surface area contributed by atoms with Crippen LogP contribution < -0.4 is 15.6 Å². The van der Waals surface area contributed by atoms with Crippen LogP contribution in [0.5, 0.6) is 0 Å². The number of anilines is 2. The van der Waals surface area contributed by atoms with Gasteiger partial charge in [-0.1, -0.05) is 29.8 Å². The van der Waals surface area contributed by atoms with Gasteiger partial charge in [-0.2, -0.15) is 5.43 Å². The maximum Gasteiger partial charge on any atom is 0.326 e. The van der Waals surface area contributed by atoms with Crippen molar-refractivity contribution in [1.29, 1.82) is 0 Å². The minimum Gasteiger partial charge on any atom is -0.336 e. The van der Waals surface area contributed by atoms with Crippen LogP contribution in [0.15, 0.2) is 54.6 Å². The molecule has 0 aliphatic carbocycles. The Morgan fingerprint density at radius 2 is 1.68 bits per heavy atom. The van der Waals surface area contributed by atoms with Crippen molar-refractivity contribution in [3.05, 3.63) is 59.6 Å². The molecule has 2 aliphatic heterocycles. The molecule has 2 aliphatic rings. The first-order chi connectivity index (χ1) is 13.5. The molecule has 0 spiro atoms. The molecule has 2 aromatic carbocycles. The average Bonchev–Trinajstić information content (AvgIpc) is 3.12. The van der Waals surface area contributed by atoms with Gasteiger partial charge in [-0.05, 0) is 36.4 Å². The van der Waals surface area contributed by atoms with Crippen molar-refractivity contribution >= 4 is 40.7 Å². The highest BCUT2D eigenvalue weighted by atomic mass is 35.5. The van der Waals surface area contributed by atoms with Crippen LogP contribution in [0.3, 0.4) is 0 Å². The molecule has 1 atom stereocenters. The molecule has 28 heavy (non-hydrogen) atoms. The summed E-state index contributed by atoms with van der Waals surface area (Å²) in [5.74, 6) is -1.80. The van der Waals surface area contributed by atoms with Gasteiger partial charge in [0, 0.05) is 29.5 Å². The number of hydrazine groups is 1. The second-order valence-electron chi connectivity index (χ2n) is 6.48. The van der Waals surface area contributed by atoms with Crippen LogP contribution in [0, 0.1) is 0 Å². The second-order valence-corrected chi connectivity index (χ2v) is 6.91. The first kappa shape index (κ1) is 18.3. The lowest BCUT2D eigenvalue weighted by atomic mass is 10.3. The summed E-state index contributed by atoms with van der Waals surface area (Å²) in [5.41, 5.74) is 4.48. The fraction of sp³-hybridized carbons (Fsp3) is 0.211. The van der Waals surface area contributed by atoms with E-state index >= 15 is 0 Å². The highest BCUT2D eigenvalue weighted by molar-refractivity contribution is 6.35. The van der Waals surface area contributed by atoms with Gasteiger partial charge in [0.2, 0.25) is 5.91 Å². The third-order valence-corrected chi connectivity index (χ3v) is 4.90. The Morgan fingerprint density at radius 3 is 2.39 bits per heavy atom. The van der Waals surface area contributed by atoms with Crippen molar-refractivity contribution in [2.24, 2.45) is 0 Å². The van der Waals surface area contributed by atoms with Gasteiger partial charge in [-0.3, -0.25) is 24.3 Å². The summed E-state index contributed by atoms with van der Waals surface area (Å²) < 4.78 is 0. The van der Waals surface area contributed by atoms with E-state index in [1.54, 1.807) is 24.3 Å². The molecule has 0 radical (unpaired) electrons. The van der Waals surface area contributed by atoms with Gasteiger partial charge in [-0.25, -0.2) is 0 Å². The normalized spacial score (nSPS) is 19.0. The molecule has 0 aromatic heterocycles. The van der Waals surface area contributed by atoms with Crippen molar-refractivity contribution in [2.75, 3.05) is 29.9 Å². The zero-order valence-corrected chi connectivity index (χ0v) is 15.6. The Bertz CT molecular complexity index is 906. The zero-order valence-electron chi connectivity index (χ0n) is 14.8. The number of carbonyl (C=O) groups excluding carboxylic acids is 3. The summed E-state index contributed by atoms with van der Waals surface area (Å²) >= 11 is 5.83. The molecule has 2 N–H and O–H groups in total. The number of para-hydroxylation sites is 1. The molecule has 8 nitrogen and oxygen atoms in total. The van der Waals surface area contributed by atoms with Crippen molar-refractivity contribution in [3.8, 4) is 0 Å². The van der Waals surface area contributed by atoms with Crippen LogP contribution in [-0.4, -0.2) is 53.6 Å². The van der Waals surface area contributed by atoms with E-state index in [2.05, 4.69) is 10.7 Å². The van der Waals surface area contributed by atoms with Crippen LogP contribution in [0.25, 0.3) is 0 Å². The highest BCUT2D eigenvalue weighted by Gasteiger charge is 2.45. The van der Waals surface area contributed by atoms with Crippen LogP contribution >= 0.6 is 11.6 Å². The van der Waals surface area contributed by atoms with Crippen LogP contribution in [0.1, 0.15) is 0 Å². The predicted molar refractivity (Wildman–Crippen MR) is 104 cm³/mol. The van der Waals surface area contributed by atoms with E-state index in [0.717, 1.165) is 10.7 Å². The van der Waals surface area contributed by atoms with Gasteiger partial charge in [0.1, 0.15) is 6.54 Å². The maximum absolute atomic E-state index is 12.5. The minimum atomic E-state index is -0.752. The summed E-state index contributed by atoms with van der Waals surface area (Å²) in [7, 11) is 0. The molecule has 0 saturated carbocycles. The second kappa shape index (κ2) is 7.49. The Balaban J connectivity index is 1.47. The number of hydrogen-bond donors (Lipinski definition) is 2. The van der Waals surface area contributed by atoms with Gasteiger partial charge in [0.05, 0.1) is 0 Å². The first-order valence-corrected chi connectivity index (χ1v) is 9.16. The zero-order chi connectivity index (χ0) is 19.7. The lowest BCUT2D eigenvalue weighted by Gasteiger charge is -2.40. The van der Waals surface area contributed by atoms with Gasteiger partial charge < -0.3 is 10.2 Å². The number of rotatable bonds is 4. The summed E-state index contributed by atoms with van der Waals surface area (Å²) in [4.78, 5) is 40.7. The average molecular weight is 400 g/mol. The number of nitrogens with zero attached hydrogens (tertiary/aromatic N) is 3. The standard InChI is InChI=1S/C19H18ClN5O3/c20-13-6-8-14(9-7-13)21-16(26)12-25-18(28)17(27)24-11-10-23(19(24)22-25)15-4-2-1-3-5-15/h1-9,19,22H,10-12H2,(H,21,26). The highest BCUT2D eigenvalue weighted by Crippen LogP contribution is 2.24. The Morgan fingerprint density at radius 1 is 1.00 bits per heavy atom. The quantitative estimate of drug-likeness (QED) is 0.756. The first-order valence-electron chi connectivity index (χ1n) is 8.79. The van der Waals surface area contributed by atoms with Crippen molar-refractivity contribution in [1.82, 2.24) is 15.3 Å². The van der Waals surface area contributed by atoms with Crippen LogP contribution in [0.4, 0.5) is 11.4 Å². The monoisotopic (exact) mass is 399 g/mol. The van der Waals surface area contributed by atoms with E-state index in [9.17, 15) is 14.4 Å². The molecule has 0 bridgehead atoms. The molecule has 2 saturated heterocycles. The summed E-state index contributed by atoms with van der Waals surface area (Å²) in [6.07, 6.45) is -0.518. The van der Waals surface area contributed by atoms with E-state index in [1.807, 2.05) is 35.2 Å². The molecular weight excluding hydrogens is 382 g/mol. The largest absolute Gasteiger partial charge is 0.336 e. The number of benzene rings is 2. The smallest absolute Gasteiger partial charge is 0.326 e. The molecule has 2 heterocycles. The molecular formula is C19H18ClN5O3. The number of nitrogens with one attached hydrogen (secondary N) is 2. The Labute approximate surface area is 166 Å². The van der Waals surface area contributed by atoms with Gasteiger partial charge in [0.15, 0.2) is 6.29 Å². The van der Waals surface area contributed by atoms with Crippen LogP contribution in [-0.2, 0) is 14.4 Å². The van der Waals surface area contributed by atoms with Crippen molar-refractivity contribution in [2.45, 2.75) is 6.29 Å². The number of hydrogen-bond acceptors (Lipinski definition) is 5. The predicted octanol–water partition coefficient (Wildman–Crippen LogP) is 1.26. The van der Waals surface area contributed by atoms with E-state index in [-0.39, 0.29) is 6.54 Å². The Hall–Kier alpha value is -3.10. The number of amides is 3. The van der Waals surface area contributed by atoms with Gasteiger partial charge >= 0.3 is 11.8 Å². The molecule has 2 aromatic rings. The molecule has 3 amide bonds. The lowest BCUT2D eigenvalue weighted by Crippen LogP contribution is -2.68. The third kappa shape index (κ3) is 3.51. The summed E-state index contributed by atoms with van der Waals surface area (Å²) in [6.45, 7) is 0.730. The molecule has 144 valence electrons. The molecule has 1 unspecified atom stereocenters. The number of fused-ring (bicyclic) bond motifs is 1. The fourth-order valence-electron chi connectivity index (χ4n) is 3.30. The van der Waals surface area contributed by atoms with E-state index in [4.69, 9.17) is 11.6 Å². The van der Waals surface area contributed by atoms with Crippen molar-refractivity contribution < 1.29 is 14.4 Å². The lowest BCUT2D eigenvalue weighted by molar-refractivity contribution is -0.163. The van der Waals surface area contributed by atoms with E-state index < -0.39 is 24.0 Å². The summed E-state index contributed by atoms with van der Waals surface area (Å²) in [5, 5.41) is 4.30.